The van der Waals surface area contributed by atoms with Crippen molar-refractivity contribution in [3.63, 3.8) is 0 Å². The highest BCUT2D eigenvalue weighted by Gasteiger charge is 2.18. The molecule has 0 bridgehead atoms. The molecule has 0 aliphatic heterocycles. The van der Waals surface area contributed by atoms with Gasteiger partial charge >= 0.3 is 5.97 Å². The van der Waals surface area contributed by atoms with Crippen LogP contribution in [0, 0.1) is 0 Å². The Bertz CT molecular complexity index is 743. The van der Waals surface area contributed by atoms with Crippen molar-refractivity contribution in [3.05, 3.63) is 35.5 Å². The first kappa shape index (κ1) is 13.6. The van der Waals surface area contributed by atoms with Gasteiger partial charge in [-0.1, -0.05) is 19.1 Å². The summed E-state index contributed by atoms with van der Waals surface area (Å²) in [6.07, 6.45) is 1.68. The lowest BCUT2D eigenvalue weighted by Crippen LogP contribution is -2.06. The van der Waals surface area contributed by atoms with E-state index in [-0.39, 0.29) is 17.1 Å². The Kier molecular flexibility index (Phi) is 3.36. The molecule has 5 nitrogen and oxygen atoms in total. The van der Waals surface area contributed by atoms with Crippen molar-refractivity contribution >= 4 is 26.7 Å². The number of benzene rings is 1. The Balaban J connectivity index is 2.67. The number of sulfone groups is 1. The molecule has 19 heavy (non-hydrogen) atoms. The lowest BCUT2D eigenvalue weighted by atomic mass is 10.1. The van der Waals surface area contributed by atoms with Crippen LogP contribution in [0.1, 0.15) is 22.8 Å². The van der Waals surface area contributed by atoms with Gasteiger partial charge < -0.3 is 9.67 Å². The van der Waals surface area contributed by atoms with Gasteiger partial charge in [0.25, 0.3) is 0 Å². The third-order valence-corrected chi connectivity index (χ3v) is 4.76. The van der Waals surface area contributed by atoms with Gasteiger partial charge in [0.05, 0.1) is 16.8 Å². The van der Waals surface area contributed by atoms with Crippen LogP contribution in [-0.2, 0) is 22.6 Å². The second kappa shape index (κ2) is 4.70. The number of carboxylic acids is 1. The molecular weight excluding hydrogens is 266 g/mol. The van der Waals surface area contributed by atoms with E-state index >= 15 is 0 Å². The first-order chi connectivity index (χ1) is 8.85. The highest BCUT2D eigenvalue weighted by Crippen LogP contribution is 2.25. The van der Waals surface area contributed by atoms with Crippen LogP contribution in [-0.4, -0.2) is 29.8 Å². The molecule has 2 aromatic rings. The molecule has 0 saturated heterocycles. The fourth-order valence-corrected chi connectivity index (χ4v) is 3.09. The molecule has 0 fully saturated rings. The number of hydrogen-bond donors (Lipinski definition) is 1. The first-order valence-corrected chi connectivity index (χ1v) is 7.68. The zero-order chi connectivity index (χ0) is 14.2. The summed E-state index contributed by atoms with van der Waals surface area (Å²) >= 11 is 0. The minimum Gasteiger partial charge on any atom is -0.478 e. The van der Waals surface area contributed by atoms with Crippen molar-refractivity contribution in [1.82, 2.24) is 4.57 Å². The lowest BCUT2D eigenvalue weighted by molar-refractivity contribution is 0.0698. The lowest BCUT2D eigenvalue weighted by Gasteiger charge is -2.02. The van der Waals surface area contributed by atoms with Gasteiger partial charge in [0, 0.05) is 24.4 Å². The maximum atomic E-state index is 11.7. The van der Waals surface area contributed by atoms with Crippen LogP contribution < -0.4 is 0 Å². The maximum absolute atomic E-state index is 11.7. The fourth-order valence-electron chi connectivity index (χ4n) is 2.18. The van der Waals surface area contributed by atoms with E-state index in [0.29, 0.717) is 16.5 Å². The molecule has 0 aliphatic rings. The number of carboxylic acid groups (broad SMARTS) is 1. The number of rotatable bonds is 4. The standard InChI is InChI=1S/C13H15NO4S/c1-3-19(17,18)8-9-7-14(2)12-10(9)5-4-6-11(12)13(15)16/h4-7H,3,8H2,1-2H3,(H,15,16). The monoisotopic (exact) mass is 281 g/mol. The molecule has 2 rings (SSSR count). The third-order valence-electron chi connectivity index (χ3n) is 3.13. The molecule has 1 aromatic heterocycles. The largest absolute Gasteiger partial charge is 0.478 e. The highest BCUT2D eigenvalue weighted by molar-refractivity contribution is 7.90. The van der Waals surface area contributed by atoms with Gasteiger partial charge in [0.2, 0.25) is 0 Å². The van der Waals surface area contributed by atoms with Crippen molar-refractivity contribution in [3.8, 4) is 0 Å². The number of aromatic carboxylic acids is 1. The molecule has 0 aliphatic carbocycles. The third kappa shape index (κ3) is 2.49. The highest BCUT2D eigenvalue weighted by atomic mass is 32.2. The molecule has 102 valence electrons. The molecule has 0 spiro atoms. The van der Waals surface area contributed by atoms with Crippen molar-refractivity contribution in [2.24, 2.45) is 7.05 Å². The molecule has 0 unspecified atom stereocenters. The van der Waals surface area contributed by atoms with Crippen LogP contribution in [0.4, 0.5) is 0 Å². The van der Waals surface area contributed by atoms with Crippen LogP contribution in [0.2, 0.25) is 0 Å². The number of hydrogen-bond acceptors (Lipinski definition) is 3. The maximum Gasteiger partial charge on any atom is 0.337 e. The molecule has 1 heterocycles. The van der Waals surface area contributed by atoms with Crippen LogP contribution in [0.5, 0.6) is 0 Å². The predicted molar refractivity (Wildman–Crippen MR) is 73.0 cm³/mol. The predicted octanol–water partition coefficient (Wildman–Crippen LogP) is 1.81. The van der Waals surface area contributed by atoms with Crippen molar-refractivity contribution in [1.29, 1.82) is 0 Å². The van der Waals surface area contributed by atoms with E-state index in [2.05, 4.69) is 0 Å². The van der Waals surface area contributed by atoms with Gasteiger partial charge in [-0.05, 0) is 11.6 Å². The number of aryl methyl sites for hydroxylation is 1. The average Bonchev–Trinajstić information content (AvgIpc) is 2.66. The first-order valence-electron chi connectivity index (χ1n) is 5.86. The summed E-state index contributed by atoms with van der Waals surface area (Å²) in [4.78, 5) is 11.2. The van der Waals surface area contributed by atoms with Gasteiger partial charge in [0.15, 0.2) is 9.84 Å². The van der Waals surface area contributed by atoms with Gasteiger partial charge in [0.1, 0.15) is 0 Å². The summed E-state index contributed by atoms with van der Waals surface area (Å²) in [5.74, 6) is -1.01. The summed E-state index contributed by atoms with van der Waals surface area (Å²) in [7, 11) is -1.43. The Morgan fingerprint density at radius 1 is 1.37 bits per heavy atom. The van der Waals surface area contributed by atoms with Gasteiger partial charge in [-0.2, -0.15) is 0 Å². The summed E-state index contributed by atoms with van der Waals surface area (Å²) in [6, 6.07) is 4.90. The van der Waals surface area contributed by atoms with Crippen LogP contribution >= 0.6 is 0 Å². The Morgan fingerprint density at radius 3 is 2.63 bits per heavy atom. The molecule has 6 heteroatoms. The van der Waals surface area contributed by atoms with Gasteiger partial charge in [-0.15, -0.1) is 0 Å². The van der Waals surface area contributed by atoms with Gasteiger partial charge in [-0.25, -0.2) is 13.2 Å². The molecule has 0 atom stereocenters. The Morgan fingerprint density at radius 2 is 2.05 bits per heavy atom. The van der Waals surface area contributed by atoms with E-state index < -0.39 is 15.8 Å². The van der Waals surface area contributed by atoms with E-state index in [9.17, 15) is 13.2 Å². The second-order valence-corrected chi connectivity index (χ2v) is 6.80. The van der Waals surface area contributed by atoms with E-state index in [0.717, 1.165) is 0 Å². The molecular formula is C13H15NO4S. The summed E-state index contributed by atoms with van der Waals surface area (Å²) in [5.41, 5.74) is 1.37. The Hall–Kier alpha value is -1.82. The quantitative estimate of drug-likeness (QED) is 0.927. The van der Waals surface area contributed by atoms with Gasteiger partial charge in [-0.3, -0.25) is 0 Å². The van der Waals surface area contributed by atoms with Crippen LogP contribution in [0.25, 0.3) is 10.9 Å². The summed E-state index contributed by atoms with van der Waals surface area (Å²) < 4.78 is 25.1. The zero-order valence-electron chi connectivity index (χ0n) is 10.8. The number of nitrogens with zero attached hydrogens (tertiary/aromatic N) is 1. The van der Waals surface area contributed by atoms with E-state index in [4.69, 9.17) is 5.11 Å². The van der Waals surface area contributed by atoms with Crippen LogP contribution in [0.3, 0.4) is 0 Å². The van der Waals surface area contributed by atoms with E-state index in [1.807, 2.05) is 0 Å². The van der Waals surface area contributed by atoms with Crippen molar-refractivity contribution in [2.45, 2.75) is 12.7 Å². The minimum atomic E-state index is -3.14. The normalized spacial score (nSPS) is 11.9. The topological polar surface area (TPSA) is 76.4 Å². The summed E-state index contributed by atoms with van der Waals surface area (Å²) in [5, 5.41) is 9.84. The average molecular weight is 281 g/mol. The number of carbonyl (C=O) groups is 1. The fraction of sp³-hybridized carbons (Fsp3) is 0.308. The SMILES string of the molecule is CCS(=O)(=O)Cc1cn(C)c2c(C(=O)O)cccc12. The molecule has 0 amide bonds. The molecule has 1 N–H and O–H groups in total. The number of fused-ring (bicyclic) bond motifs is 1. The Labute approximate surface area is 111 Å². The number of para-hydroxylation sites is 1. The zero-order valence-corrected chi connectivity index (χ0v) is 11.6. The summed E-state index contributed by atoms with van der Waals surface area (Å²) in [6.45, 7) is 1.60. The smallest absolute Gasteiger partial charge is 0.337 e. The van der Waals surface area contributed by atoms with Crippen molar-refractivity contribution < 1.29 is 18.3 Å². The second-order valence-electron chi connectivity index (χ2n) is 4.45. The number of aromatic nitrogens is 1. The van der Waals surface area contributed by atoms with Crippen LogP contribution in [0.15, 0.2) is 24.4 Å². The molecule has 1 aromatic carbocycles. The molecule has 0 radical (unpaired) electrons. The minimum absolute atomic E-state index is 0.0656. The molecule has 0 saturated carbocycles. The van der Waals surface area contributed by atoms with Crippen molar-refractivity contribution in [2.75, 3.05) is 5.75 Å². The van der Waals surface area contributed by atoms with E-state index in [1.165, 1.54) is 6.07 Å². The van der Waals surface area contributed by atoms with E-state index in [1.54, 1.807) is 36.9 Å².